The van der Waals surface area contributed by atoms with Crippen molar-refractivity contribution in [2.75, 3.05) is 12.4 Å². The summed E-state index contributed by atoms with van der Waals surface area (Å²) in [6, 6.07) is 18.1. The molecule has 6 nitrogen and oxygen atoms in total. The molecule has 0 fully saturated rings. The fourth-order valence-electron chi connectivity index (χ4n) is 3.09. The molecule has 2 amide bonds. The van der Waals surface area contributed by atoms with Gasteiger partial charge in [-0.25, -0.2) is 0 Å². The molecule has 1 aliphatic heterocycles. The molecule has 0 saturated heterocycles. The summed E-state index contributed by atoms with van der Waals surface area (Å²) in [6.45, 7) is 0.151. The third-order valence-electron chi connectivity index (χ3n) is 4.51. The Labute approximate surface area is 162 Å². The van der Waals surface area contributed by atoms with Crippen molar-refractivity contribution in [3.63, 3.8) is 0 Å². The van der Waals surface area contributed by atoms with Crippen molar-refractivity contribution in [3.05, 3.63) is 90.0 Å². The number of amides is 2. The predicted octanol–water partition coefficient (Wildman–Crippen LogP) is 3.68. The van der Waals surface area contributed by atoms with Gasteiger partial charge in [0.1, 0.15) is 11.4 Å². The zero-order valence-corrected chi connectivity index (χ0v) is 15.2. The average Bonchev–Trinajstić information content (AvgIpc) is 3.32. The highest BCUT2D eigenvalue weighted by atomic mass is 16.5. The number of ether oxygens (including phenoxy) is 1. The number of anilines is 1. The first-order valence-corrected chi connectivity index (χ1v) is 8.75. The smallest absolute Gasteiger partial charge is 0.278 e. The van der Waals surface area contributed by atoms with Gasteiger partial charge in [-0.1, -0.05) is 30.3 Å². The summed E-state index contributed by atoms with van der Waals surface area (Å²) in [4.78, 5) is 27.4. The van der Waals surface area contributed by atoms with Crippen LogP contribution in [0.2, 0.25) is 0 Å². The lowest BCUT2D eigenvalue weighted by atomic mass is 10.0. The van der Waals surface area contributed by atoms with E-state index < -0.39 is 0 Å². The van der Waals surface area contributed by atoms with Gasteiger partial charge in [-0.3, -0.25) is 14.5 Å². The Morgan fingerprint density at radius 3 is 2.36 bits per heavy atom. The van der Waals surface area contributed by atoms with Gasteiger partial charge in [-0.2, -0.15) is 0 Å². The number of nitrogens with one attached hydrogen (secondary N) is 1. The van der Waals surface area contributed by atoms with E-state index in [2.05, 4.69) is 5.32 Å². The van der Waals surface area contributed by atoms with E-state index in [-0.39, 0.29) is 24.1 Å². The average molecular weight is 374 g/mol. The molecule has 0 spiro atoms. The number of methoxy groups -OCH3 is 1. The molecule has 1 N–H and O–H groups in total. The first-order chi connectivity index (χ1) is 13.7. The molecule has 2 heterocycles. The SMILES string of the molecule is COc1ccc(NC2=C(c3ccccc3)C(=O)N(Cc3ccoc3)C2=O)cc1. The van der Waals surface area contributed by atoms with E-state index in [4.69, 9.17) is 9.15 Å². The van der Waals surface area contributed by atoms with Gasteiger partial charge in [-0.05, 0) is 35.9 Å². The highest BCUT2D eigenvalue weighted by molar-refractivity contribution is 6.36. The Bertz CT molecular complexity index is 1020. The second-order valence-corrected chi connectivity index (χ2v) is 6.30. The first kappa shape index (κ1) is 17.6. The number of hydrogen-bond acceptors (Lipinski definition) is 5. The second kappa shape index (κ2) is 7.44. The van der Waals surface area contributed by atoms with Gasteiger partial charge in [0.15, 0.2) is 0 Å². The summed E-state index contributed by atoms with van der Waals surface area (Å²) in [5, 5.41) is 3.12. The molecule has 140 valence electrons. The van der Waals surface area contributed by atoms with Gasteiger partial charge in [0.05, 0.1) is 31.8 Å². The van der Waals surface area contributed by atoms with Crippen LogP contribution in [-0.2, 0) is 16.1 Å². The van der Waals surface area contributed by atoms with Crippen molar-refractivity contribution in [3.8, 4) is 5.75 Å². The minimum Gasteiger partial charge on any atom is -0.497 e. The molecule has 1 aromatic heterocycles. The number of carbonyl (C=O) groups is 2. The number of nitrogens with zero attached hydrogens (tertiary/aromatic N) is 1. The molecule has 0 unspecified atom stereocenters. The highest BCUT2D eigenvalue weighted by Crippen LogP contribution is 2.31. The van der Waals surface area contributed by atoms with Gasteiger partial charge in [-0.15, -0.1) is 0 Å². The Morgan fingerprint density at radius 1 is 0.964 bits per heavy atom. The van der Waals surface area contributed by atoms with E-state index in [9.17, 15) is 9.59 Å². The van der Waals surface area contributed by atoms with E-state index in [1.54, 1.807) is 37.4 Å². The van der Waals surface area contributed by atoms with Crippen molar-refractivity contribution in [1.82, 2.24) is 4.90 Å². The molecule has 3 aromatic rings. The van der Waals surface area contributed by atoms with Crippen molar-refractivity contribution in [2.24, 2.45) is 0 Å². The lowest BCUT2D eigenvalue weighted by Crippen LogP contribution is -2.31. The minimum absolute atomic E-state index is 0.151. The fraction of sp³-hybridized carbons (Fsp3) is 0.0909. The summed E-state index contributed by atoms with van der Waals surface area (Å²) in [6.07, 6.45) is 3.04. The van der Waals surface area contributed by atoms with E-state index in [1.807, 2.05) is 30.3 Å². The van der Waals surface area contributed by atoms with Crippen LogP contribution in [0.3, 0.4) is 0 Å². The number of furan rings is 1. The molecule has 0 radical (unpaired) electrons. The Balaban J connectivity index is 1.71. The van der Waals surface area contributed by atoms with E-state index in [0.29, 0.717) is 22.6 Å². The quantitative estimate of drug-likeness (QED) is 0.667. The number of carbonyl (C=O) groups excluding carboxylic acids is 2. The van der Waals surface area contributed by atoms with Crippen LogP contribution in [-0.4, -0.2) is 23.8 Å². The molecule has 1 aliphatic rings. The molecule has 28 heavy (non-hydrogen) atoms. The van der Waals surface area contributed by atoms with Gasteiger partial charge in [0.25, 0.3) is 11.8 Å². The first-order valence-electron chi connectivity index (χ1n) is 8.75. The molecule has 0 aliphatic carbocycles. The number of benzene rings is 2. The highest BCUT2D eigenvalue weighted by Gasteiger charge is 2.39. The topological polar surface area (TPSA) is 71.8 Å². The van der Waals surface area contributed by atoms with Crippen molar-refractivity contribution < 1.29 is 18.7 Å². The summed E-state index contributed by atoms with van der Waals surface area (Å²) in [5.41, 5.74) is 2.73. The summed E-state index contributed by atoms with van der Waals surface area (Å²) >= 11 is 0. The maximum atomic E-state index is 13.1. The Morgan fingerprint density at radius 2 is 1.71 bits per heavy atom. The molecule has 4 rings (SSSR count). The number of hydrogen-bond donors (Lipinski definition) is 1. The zero-order chi connectivity index (χ0) is 19.5. The lowest BCUT2D eigenvalue weighted by Gasteiger charge is -2.14. The van der Waals surface area contributed by atoms with Crippen LogP contribution in [0.1, 0.15) is 11.1 Å². The van der Waals surface area contributed by atoms with Crippen LogP contribution in [0.25, 0.3) is 5.57 Å². The second-order valence-electron chi connectivity index (χ2n) is 6.30. The van der Waals surface area contributed by atoms with Crippen molar-refractivity contribution in [1.29, 1.82) is 0 Å². The lowest BCUT2D eigenvalue weighted by molar-refractivity contribution is -0.137. The van der Waals surface area contributed by atoms with Crippen LogP contribution >= 0.6 is 0 Å². The van der Waals surface area contributed by atoms with Crippen molar-refractivity contribution >= 4 is 23.1 Å². The fourth-order valence-corrected chi connectivity index (χ4v) is 3.09. The Kier molecular flexibility index (Phi) is 4.68. The van der Waals surface area contributed by atoms with Crippen LogP contribution in [0.4, 0.5) is 5.69 Å². The summed E-state index contributed by atoms with van der Waals surface area (Å²) < 4.78 is 10.2. The van der Waals surface area contributed by atoms with Gasteiger partial charge in [0.2, 0.25) is 0 Å². The van der Waals surface area contributed by atoms with Gasteiger partial charge in [0, 0.05) is 11.3 Å². The standard InChI is InChI=1S/C22H18N2O4/c1-27-18-9-7-17(8-10-18)23-20-19(16-5-3-2-4-6-16)21(25)24(22(20)26)13-15-11-12-28-14-15/h2-12,14,23H,13H2,1H3. The summed E-state index contributed by atoms with van der Waals surface area (Å²) in [7, 11) is 1.59. The molecule has 6 heteroatoms. The van der Waals surface area contributed by atoms with Crippen LogP contribution < -0.4 is 10.1 Å². The van der Waals surface area contributed by atoms with Crippen LogP contribution in [0, 0.1) is 0 Å². The molecular formula is C22H18N2O4. The minimum atomic E-state index is -0.374. The van der Waals surface area contributed by atoms with Gasteiger partial charge < -0.3 is 14.5 Å². The third-order valence-corrected chi connectivity index (χ3v) is 4.51. The normalized spacial score (nSPS) is 14.0. The van der Waals surface area contributed by atoms with E-state index in [0.717, 1.165) is 5.56 Å². The zero-order valence-electron chi connectivity index (χ0n) is 15.2. The third kappa shape index (κ3) is 3.27. The molecule has 2 aromatic carbocycles. The molecular weight excluding hydrogens is 356 g/mol. The molecule has 0 atom stereocenters. The largest absolute Gasteiger partial charge is 0.497 e. The Hall–Kier alpha value is -3.80. The number of imide groups is 1. The van der Waals surface area contributed by atoms with Crippen LogP contribution in [0.15, 0.2) is 83.3 Å². The molecule has 0 saturated carbocycles. The maximum absolute atomic E-state index is 13.1. The monoisotopic (exact) mass is 374 g/mol. The summed E-state index contributed by atoms with van der Waals surface area (Å²) in [5.74, 6) is -0.00694. The van der Waals surface area contributed by atoms with Crippen molar-refractivity contribution in [2.45, 2.75) is 6.54 Å². The van der Waals surface area contributed by atoms with E-state index >= 15 is 0 Å². The van der Waals surface area contributed by atoms with Crippen LogP contribution in [0.5, 0.6) is 5.75 Å². The predicted molar refractivity (Wildman–Crippen MR) is 104 cm³/mol. The molecule has 0 bridgehead atoms. The van der Waals surface area contributed by atoms with E-state index in [1.165, 1.54) is 17.4 Å². The number of rotatable bonds is 6. The maximum Gasteiger partial charge on any atom is 0.278 e. The van der Waals surface area contributed by atoms with Gasteiger partial charge >= 0.3 is 0 Å².